The fourth-order valence-corrected chi connectivity index (χ4v) is 2.37. The number of aromatic amines is 1. The quantitative estimate of drug-likeness (QED) is 0.492. The van der Waals surface area contributed by atoms with Gasteiger partial charge in [-0.3, -0.25) is 9.67 Å². The van der Waals surface area contributed by atoms with E-state index in [1.165, 1.54) is 0 Å². The van der Waals surface area contributed by atoms with Crippen LogP contribution in [0.1, 0.15) is 21.6 Å². The third-order valence-corrected chi connectivity index (χ3v) is 3.79. The van der Waals surface area contributed by atoms with Gasteiger partial charge >= 0.3 is 0 Å². The minimum atomic E-state index is 0.00711. The van der Waals surface area contributed by atoms with Crippen LogP contribution in [0.25, 0.3) is 0 Å². The third-order valence-electron chi connectivity index (χ3n) is 2.78. The number of rotatable bonds is 5. The number of aromatic nitrogens is 3. The van der Waals surface area contributed by atoms with E-state index in [1.807, 2.05) is 12.3 Å². The van der Waals surface area contributed by atoms with Gasteiger partial charge in [0.15, 0.2) is 0 Å². The van der Waals surface area contributed by atoms with Gasteiger partial charge in [0.1, 0.15) is 9.87 Å². The van der Waals surface area contributed by atoms with Crippen LogP contribution in [0, 0.1) is 11.3 Å². The standard InChI is InChI=1S/C13H13IN6/c1-16-12(10-4-6-18-13(10)17-2)9-7-19-20(8-9)11(14)3-5-15/h4,6-8,11,18H,2-3H2,1H3. The molecule has 0 aromatic carbocycles. The molecular formula is C13H13IN6. The van der Waals surface area contributed by atoms with Crippen LogP contribution < -0.4 is 0 Å². The second-order valence-corrected chi connectivity index (χ2v) is 5.41. The zero-order valence-corrected chi connectivity index (χ0v) is 13.1. The Morgan fingerprint density at radius 2 is 2.50 bits per heavy atom. The van der Waals surface area contributed by atoms with Gasteiger partial charge < -0.3 is 4.98 Å². The maximum absolute atomic E-state index is 8.74. The fraction of sp³-hybridized carbons (Fsp3) is 0.231. The SMILES string of the molecule is C=Nc1[nH]ccc1C(=NC)c1cnn(C(I)CC#N)c1. The summed E-state index contributed by atoms with van der Waals surface area (Å²) in [5, 5.41) is 13.0. The lowest BCUT2D eigenvalue weighted by molar-refractivity contribution is 0.633. The van der Waals surface area contributed by atoms with Crippen molar-refractivity contribution in [3.8, 4) is 6.07 Å². The highest BCUT2D eigenvalue weighted by Crippen LogP contribution is 2.23. The third kappa shape index (κ3) is 2.80. The molecule has 6 nitrogen and oxygen atoms in total. The van der Waals surface area contributed by atoms with Crippen molar-refractivity contribution in [3.05, 3.63) is 35.8 Å². The fourth-order valence-electron chi connectivity index (χ4n) is 1.87. The maximum Gasteiger partial charge on any atom is 0.138 e. The van der Waals surface area contributed by atoms with Crippen molar-refractivity contribution in [2.24, 2.45) is 9.98 Å². The number of nitrogens with one attached hydrogen (secondary N) is 1. The minimum Gasteiger partial charge on any atom is -0.346 e. The maximum atomic E-state index is 8.74. The van der Waals surface area contributed by atoms with E-state index in [-0.39, 0.29) is 4.05 Å². The Morgan fingerprint density at radius 1 is 1.70 bits per heavy atom. The summed E-state index contributed by atoms with van der Waals surface area (Å²) in [7, 11) is 1.73. The predicted molar refractivity (Wildman–Crippen MR) is 87.1 cm³/mol. The Hall–Kier alpha value is -1.95. The van der Waals surface area contributed by atoms with Crippen molar-refractivity contribution in [3.63, 3.8) is 0 Å². The van der Waals surface area contributed by atoms with Crippen molar-refractivity contribution in [2.75, 3.05) is 7.05 Å². The van der Waals surface area contributed by atoms with E-state index < -0.39 is 0 Å². The van der Waals surface area contributed by atoms with Crippen LogP contribution in [0.3, 0.4) is 0 Å². The summed E-state index contributed by atoms with van der Waals surface area (Å²) in [6, 6.07) is 4.04. The molecule has 0 aliphatic heterocycles. The number of H-pyrrole nitrogens is 1. The molecule has 0 radical (unpaired) electrons. The zero-order chi connectivity index (χ0) is 14.5. The van der Waals surface area contributed by atoms with Crippen molar-refractivity contribution >= 4 is 40.8 Å². The molecule has 0 amide bonds. The predicted octanol–water partition coefficient (Wildman–Crippen LogP) is 2.86. The molecule has 2 aromatic heterocycles. The Bertz CT molecular complexity index is 675. The van der Waals surface area contributed by atoms with Crippen LogP contribution in [0.4, 0.5) is 5.82 Å². The first kappa shape index (κ1) is 14.5. The molecule has 0 fully saturated rings. The lowest BCUT2D eigenvalue weighted by Crippen LogP contribution is -2.03. The van der Waals surface area contributed by atoms with Gasteiger partial charge in [-0.05, 0) is 12.8 Å². The van der Waals surface area contributed by atoms with Gasteiger partial charge in [0.05, 0.1) is 24.4 Å². The highest BCUT2D eigenvalue weighted by Gasteiger charge is 2.15. The average Bonchev–Trinajstić information content (AvgIpc) is 3.09. The van der Waals surface area contributed by atoms with Crippen LogP contribution in [0.2, 0.25) is 0 Å². The van der Waals surface area contributed by atoms with Gasteiger partial charge in [0.2, 0.25) is 0 Å². The summed E-state index contributed by atoms with van der Waals surface area (Å²) in [6.45, 7) is 3.54. The number of aliphatic imine (C=N–C) groups is 2. The van der Waals surface area contributed by atoms with Crippen LogP contribution >= 0.6 is 22.6 Å². The van der Waals surface area contributed by atoms with Gasteiger partial charge in [-0.25, -0.2) is 4.99 Å². The van der Waals surface area contributed by atoms with Gasteiger partial charge in [-0.1, -0.05) is 22.6 Å². The summed E-state index contributed by atoms with van der Waals surface area (Å²) in [5.74, 6) is 0.682. The molecule has 0 bridgehead atoms. The second-order valence-electron chi connectivity index (χ2n) is 3.98. The van der Waals surface area contributed by atoms with Crippen LogP contribution in [0.5, 0.6) is 0 Å². The molecule has 102 valence electrons. The molecule has 0 aliphatic rings. The molecule has 0 saturated carbocycles. The highest BCUT2D eigenvalue weighted by molar-refractivity contribution is 14.1. The summed E-state index contributed by atoms with van der Waals surface area (Å²) < 4.78 is 1.77. The zero-order valence-electron chi connectivity index (χ0n) is 10.9. The number of hydrogen-bond acceptors (Lipinski definition) is 4. The number of hydrogen-bond donors (Lipinski definition) is 1. The van der Waals surface area contributed by atoms with E-state index in [4.69, 9.17) is 5.26 Å². The smallest absolute Gasteiger partial charge is 0.138 e. The minimum absolute atomic E-state index is 0.00711. The number of halogens is 1. The topological polar surface area (TPSA) is 82.1 Å². The van der Waals surface area contributed by atoms with Crippen molar-refractivity contribution in [1.29, 1.82) is 5.26 Å². The van der Waals surface area contributed by atoms with E-state index in [2.05, 4.69) is 55.4 Å². The second kappa shape index (κ2) is 6.47. The Balaban J connectivity index is 2.35. The first-order valence-corrected chi connectivity index (χ1v) is 7.12. The molecule has 0 spiro atoms. The van der Waals surface area contributed by atoms with Gasteiger partial charge in [-0.2, -0.15) is 10.4 Å². The van der Waals surface area contributed by atoms with Crippen LogP contribution in [-0.2, 0) is 0 Å². The molecule has 20 heavy (non-hydrogen) atoms. The molecule has 2 rings (SSSR count). The summed E-state index contributed by atoms with van der Waals surface area (Å²) in [4.78, 5) is 11.3. The van der Waals surface area contributed by atoms with E-state index in [9.17, 15) is 0 Å². The van der Waals surface area contributed by atoms with E-state index >= 15 is 0 Å². The molecule has 0 saturated heterocycles. The first-order chi connectivity index (χ1) is 9.71. The number of nitrogens with zero attached hydrogens (tertiary/aromatic N) is 5. The highest BCUT2D eigenvalue weighted by atomic mass is 127. The Morgan fingerprint density at radius 3 is 3.15 bits per heavy atom. The Labute approximate surface area is 130 Å². The molecule has 7 heteroatoms. The number of nitriles is 1. The van der Waals surface area contributed by atoms with E-state index in [1.54, 1.807) is 24.1 Å². The van der Waals surface area contributed by atoms with E-state index in [0.29, 0.717) is 12.2 Å². The largest absolute Gasteiger partial charge is 0.346 e. The molecule has 0 aliphatic carbocycles. The lowest BCUT2D eigenvalue weighted by Gasteiger charge is -2.05. The average molecular weight is 380 g/mol. The Kier molecular flexibility index (Phi) is 4.68. The molecule has 2 aromatic rings. The van der Waals surface area contributed by atoms with Crippen molar-refractivity contribution < 1.29 is 0 Å². The summed E-state index contributed by atoms with van der Waals surface area (Å²) >= 11 is 2.19. The number of alkyl halides is 1. The van der Waals surface area contributed by atoms with Gasteiger partial charge in [0, 0.05) is 30.6 Å². The van der Waals surface area contributed by atoms with Crippen LogP contribution in [0.15, 0.2) is 34.6 Å². The molecular weight excluding hydrogens is 367 g/mol. The molecule has 1 N–H and O–H groups in total. The van der Waals surface area contributed by atoms with Crippen LogP contribution in [-0.4, -0.2) is 34.2 Å². The molecule has 1 unspecified atom stereocenters. The summed E-state index contributed by atoms with van der Waals surface area (Å²) in [6.07, 6.45) is 5.83. The monoisotopic (exact) mass is 380 g/mol. The van der Waals surface area contributed by atoms with Crippen molar-refractivity contribution in [1.82, 2.24) is 14.8 Å². The molecule has 1 atom stereocenters. The van der Waals surface area contributed by atoms with Gasteiger partial charge in [-0.15, -0.1) is 0 Å². The normalized spacial score (nSPS) is 12.9. The van der Waals surface area contributed by atoms with E-state index in [0.717, 1.165) is 16.8 Å². The van der Waals surface area contributed by atoms with Crippen molar-refractivity contribution in [2.45, 2.75) is 10.5 Å². The molecule has 2 heterocycles. The lowest BCUT2D eigenvalue weighted by atomic mass is 10.1. The first-order valence-electron chi connectivity index (χ1n) is 5.88. The summed E-state index contributed by atoms with van der Waals surface area (Å²) in [5.41, 5.74) is 2.56. The van der Waals surface area contributed by atoms with Gasteiger partial charge in [0.25, 0.3) is 0 Å².